The van der Waals surface area contributed by atoms with E-state index in [0.29, 0.717) is 16.3 Å². The minimum atomic E-state index is -0.992. The number of hydrogen-bond acceptors (Lipinski definition) is 7. The topological polar surface area (TPSA) is 90.4 Å². The van der Waals surface area contributed by atoms with Gasteiger partial charge in [0.15, 0.2) is 0 Å². The van der Waals surface area contributed by atoms with Crippen molar-refractivity contribution in [1.82, 2.24) is 15.3 Å². The zero-order chi connectivity index (χ0) is 22.8. The number of aromatic carboxylic acids is 1. The Labute approximate surface area is 196 Å². The highest BCUT2D eigenvalue weighted by Crippen LogP contribution is 2.35. The van der Waals surface area contributed by atoms with E-state index in [1.165, 1.54) is 0 Å². The van der Waals surface area contributed by atoms with Gasteiger partial charge in [-0.15, -0.1) is 12.6 Å². The Balaban J connectivity index is 1.52. The minimum Gasteiger partial charge on any atom is -0.478 e. The molecule has 0 radical (unpaired) electrons. The molecule has 3 heterocycles. The van der Waals surface area contributed by atoms with Gasteiger partial charge in [0.2, 0.25) is 0 Å². The molecule has 0 saturated carbocycles. The number of para-hydroxylation sites is 1. The number of aromatic nitrogens is 2. The van der Waals surface area contributed by atoms with Crippen LogP contribution in [0, 0.1) is 0 Å². The van der Waals surface area contributed by atoms with E-state index < -0.39 is 5.97 Å². The summed E-state index contributed by atoms with van der Waals surface area (Å²) in [5.74, 6) is -0.0125. The first-order valence-electron chi connectivity index (χ1n) is 10.7. The van der Waals surface area contributed by atoms with Crippen LogP contribution in [0.5, 0.6) is 0 Å². The Bertz CT molecular complexity index is 1320. The number of hydrogen-bond donors (Lipinski definition) is 4. The number of fused-ring (bicyclic) bond motifs is 1. The van der Waals surface area contributed by atoms with E-state index in [4.69, 9.17) is 0 Å². The average Bonchev–Trinajstić information content (AvgIpc) is 2.86. The molecule has 2 aromatic heterocycles. The maximum Gasteiger partial charge on any atom is 0.337 e. The molecule has 1 aliphatic rings. The van der Waals surface area contributed by atoms with Crippen LogP contribution in [0.3, 0.4) is 0 Å². The van der Waals surface area contributed by atoms with E-state index in [1.54, 1.807) is 30.5 Å². The monoisotopic (exact) mass is 457 g/mol. The molecule has 1 fully saturated rings. The van der Waals surface area contributed by atoms with Gasteiger partial charge >= 0.3 is 5.97 Å². The molecule has 0 spiro atoms. The number of carboxylic acids is 1. The van der Waals surface area contributed by atoms with Crippen LogP contribution < -0.4 is 15.5 Å². The van der Waals surface area contributed by atoms with Gasteiger partial charge in [0.05, 0.1) is 22.5 Å². The number of piperazine rings is 1. The maximum absolute atomic E-state index is 11.7. The molecule has 33 heavy (non-hydrogen) atoms. The van der Waals surface area contributed by atoms with Crippen molar-refractivity contribution in [2.45, 2.75) is 4.90 Å². The van der Waals surface area contributed by atoms with Crippen LogP contribution in [0.1, 0.15) is 10.4 Å². The van der Waals surface area contributed by atoms with Crippen LogP contribution in [-0.2, 0) is 0 Å². The lowest BCUT2D eigenvalue weighted by atomic mass is 10.0. The first-order valence-corrected chi connectivity index (χ1v) is 11.2. The van der Waals surface area contributed by atoms with Crippen molar-refractivity contribution >= 4 is 46.7 Å². The lowest BCUT2D eigenvalue weighted by Gasteiger charge is -2.28. The standard InChI is InChI=1S/C25H23N5O2S/c31-25(32)18-3-1-2-4-21(18)29-24-19-13-16(5-7-20(19)27-15-22(24)33)17-6-8-23(28-14-17)30-11-9-26-10-12-30/h1-8,13-15,26,33H,9-12H2,(H,27,29)(H,31,32). The fourth-order valence-corrected chi connectivity index (χ4v) is 4.28. The SMILES string of the molecule is O=C(O)c1ccccc1Nc1c(S)cnc2ccc(-c3ccc(N4CCNCC4)nc3)cc12. The summed E-state index contributed by atoms with van der Waals surface area (Å²) in [5, 5.41) is 17.0. The highest BCUT2D eigenvalue weighted by molar-refractivity contribution is 7.80. The third kappa shape index (κ3) is 4.35. The fraction of sp³-hybridized carbons (Fsp3) is 0.160. The third-order valence-corrected chi connectivity index (χ3v) is 6.13. The van der Waals surface area contributed by atoms with Crippen LogP contribution in [0.15, 0.2) is 71.9 Å². The van der Waals surface area contributed by atoms with Gasteiger partial charge in [-0.2, -0.15) is 0 Å². The van der Waals surface area contributed by atoms with Gasteiger partial charge < -0.3 is 20.6 Å². The van der Waals surface area contributed by atoms with Crippen LogP contribution in [0.25, 0.3) is 22.0 Å². The highest BCUT2D eigenvalue weighted by atomic mass is 32.1. The second-order valence-electron chi connectivity index (χ2n) is 7.87. The number of nitrogens with one attached hydrogen (secondary N) is 2. The molecule has 5 rings (SSSR count). The van der Waals surface area contributed by atoms with Gasteiger partial charge in [-0.3, -0.25) is 4.98 Å². The van der Waals surface area contributed by atoms with E-state index in [0.717, 1.165) is 54.0 Å². The maximum atomic E-state index is 11.7. The number of carbonyl (C=O) groups is 1. The number of thiol groups is 1. The summed E-state index contributed by atoms with van der Waals surface area (Å²) in [6.07, 6.45) is 3.56. The van der Waals surface area contributed by atoms with Gasteiger partial charge in [0.25, 0.3) is 0 Å². The van der Waals surface area contributed by atoms with Crippen molar-refractivity contribution < 1.29 is 9.90 Å². The van der Waals surface area contributed by atoms with E-state index in [1.807, 2.05) is 24.4 Å². The van der Waals surface area contributed by atoms with Crippen molar-refractivity contribution in [2.24, 2.45) is 0 Å². The Morgan fingerprint density at radius 1 is 1.00 bits per heavy atom. The molecule has 0 aliphatic carbocycles. The molecule has 1 saturated heterocycles. The Morgan fingerprint density at radius 3 is 2.55 bits per heavy atom. The number of nitrogens with zero attached hydrogens (tertiary/aromatic N) is 3. The van der Waals surface area contributed by atoms with Crippen molar-refractivity contribution in [2.75, 3.05) is 36.4 Å². The Kier molecular flexibility index (Phi) is 5.85. The van der Waals surface area contributed by atoms with Gasteiger partial charge in [-0.1, -0.05) is 18.2 Å². The number of rotatable bonds is 5. The summed E-state index contributed by atoms with van der Waals surface area (Å²) in [7, 11) is 0. The predicted octanol–water partition coefficient (Wildman–Crippen LogP) is 4.44. The fourth-order valence-electron chi connectivity index (χ4n) is 4.04. The van der Waals surface area contributed by atoms with Gasteiger partial charge in [-0.25, -0.2) is 9.78 Å². The predicted molar refractivity (Wildman–Crippen MR) is 134 cm³/mol. The first kappa shape index (κ1) is 21.2. The Hall–Kier alpha value is -3.62. The number of carboxylic acid groups (broad SMARTS) is 1. The molecule has 1 aliphatic heterocycles. The molecule has 8 heteroatoms. The second-order valence-corrected chi connectivity index (χ2v) is 8.35. The zero-order valence-electron chi connectivity index (χ0n) is 17.8. The number of anilines is 3. The van der Waals surface area contributed by atoms with Gasteiger partial charge in [-0.05, 0) is 42.0 Å². The molecule has 7 nitrogen and oxygen atoms in total. The van der Waals surface area contributed by atoms with Crippen molar-refractivity contribution in [3.05, 3.63) is 72.6 Å². The normalized spacial score (nSPS) is 13.8. The minimum absolute atomic E-state index is 0.194. The van der Waals surface area contributed by atoms with E-state index in [-0.39, 0.29) is 5.56 Å². The molecule has 0 bridgehead atoms. The van der Waals surface area contributed by atoms with Gasteiger partial charge in [0, 0.05) is 54.4 Å². The van der Waals surface area contributed by atoms with Gasteiger partial charge in [0.1, 0.15) is 5.82 Å². The van der Waals surface area contributed by atoms with Crippen LogP contribution >= 0.6 is 12.6 Å². The van der Waals surface area contributed by atoms with E-state index in [9.17, 15) is 9.90 Å². The highest BCUT2D eigenvalue weighted by Gasteiger charge is 2.15. The lowest BCUT2D eigenvalue weighted by molar-refractivity contribution is 0.0698. The van der Waals surface area contributed by atoms with Crippen LogP contribution in [0.4, 0.5) is 17.2 Å². The summed E-state index contributed by atoms with van der Waals surface area (Å²) in [4.78, 5) is 23.7. The summed E-state index contributed by atoms with van der Waals surface area (Å²) < 4.78 is 0. The smallest absolute Gasteiger partial charge is 0.337 e. The molecule has 0 amide bonds. The Morgan fingerprint density at radius 2 is 1.79 bits per heavy atom. The third-order valence-electron chi connectivity index (χ3n) is 5.79. The van der Waals surface area contributed by atoms with Crippen LogP contribution in [-0.4, -0.2) is 47.2 Å². The van der Waals surface area contributed by atoms with Crippen molar-refractivity contribution in [3.63, 3.8) is 0 Å². The number of pyridine rings is 2. The van der Waals surface area contributed by atoms with Crippen molar-refractivity contribution in [1.29, 1.82) is 0 Å². The summed E-state index contributed by atoms with van der Waals surface area (Å²) in [5.41, 5.74) is 4.19. The van der Waals surface area contributed by atoms with Crippen molar-refractivity contribution in [3.8, 4) is 11.1 Å². The van der Waals surface area contributed by atoms with Crippen LogP contribution in [0.2, 0.25) is 0 Å². The summed E-state index contributed by atoms with van der Waals surface area (Å²) in [6.45, 7) is 3.83. The molecule has 0 atom stereocenters. The summed E-state index contributed by atoms with van der Waals surface area (Å²) >= 11 is 4.59. The molecule has 0 unspecified atom stereocenters. The molecule has 3 N–H and O–H groups in total. The molecule has 2 aromatic carbocycles. The lowest BCUT2D eigenvalue weighted by Crippen LogP contribution is -2.43. The second kappa shape index (κ2) is 9.09. The first-order chi connectivity index (χ1) is 16.1. The van der Waals surface area contributed by atoms with E-state index in [2.05, 4.69) is 50.3 Å². The largest absolute Gasteiger partial charge is 0.478 e. The average molecular weight is 458 g/mol. The van der Waals surface area contributed by atoms with E-state index >= 15 is 0 Å². The number of benzene rings is 2. The summed E-state index contributed by atoms with van der Waals surface area (Å²) in [6, 6.07) is 17.0. The molecule has 4 aromatic rings. The molecule has 166 valence electrons. The molecular formula is C25H23N5O2S. The molecular weight excluding hydrogens is 434 g/mol. The zero-order valence-corrected chi connectivity index (χ0v) is 18.7. The quantitative estimate of drug-likeness (QED) is 0.330.